The molecule has 0 aliphatic carbocycles. The Kier molecular flexibility index (Phi) is 6.81. The van der Waals surface area contributed by atoms with Crippen LogP contribution in [0.1, 0.15) is 27.8 Å². The molecular formula is C24H20N2O2. The van der Waals surface area contributed by atoms with E-state index in [4.69, 9.17) is 0 Å². The molecule has 0 saturated heterocycles. The molecule has 0 heterocycles. The third-order valence-electron chi connectivity index (χ3n) is 4.56. The van der Waals surface area contributed by atoms with Crippen molar-refractivity contribution < 1.29 is 9.59 Å². The number of benzene rings is 3. The molecule has 4 heteroatoms. The van der Waals surface area contributed by atoms with Crippen LogP contribution in [0.2, 0.25) is 0 Å². The van der Waals surface area contributed by atoms with Crippen LogP contribution in [-0.2, 0) is 35.4 Å². The number of aliphatic imine (C=N–C) groups is 2. The van der Waals surface area contributed by atoms with Crippen LogP contribution in [0.4, 0.5) is 5.69 Å². The van der Waals surface area contributed by atoms with Crippen molar-refractivity contribution in [3.63, 3.8) is 0 Å². The van der Waals surface area contributed by atoms with Gasteiger partial charge in [-0.15, -0.1) is 0 Å². The standard InChI is InChI=1S/C24H20N2O2/c27-17-25-16-23-3-1-2-20(15-23)7-4-19-5-8-21(9-6-19)14-22-10-12-24(13-11-22)26-18-28/h1-3,5-6,8-13,15H,4,7,14,16H2. The Balaban J connectivity index is 1.57. The minimum Gasteiger partial charge on any atom is -0.211 e. The van der Waals surface area contributed by atoms with Crippen molar-refractivity contribution in [1.29, 1.82) is 0 Å². The first-order valence-electron chi connectivity index (χ1n) is 9.13. The van der Waals surface area contributed by atoms with E-state index < -0.39 is 0 Å². The molecule has 3 rings (SSSR count). The summed E-state index contributed by atoms with van der Waals surface area (Å²) in [5.74, 6) is 0. The van der Waals surface area contributed by atoms with Crippen LogP contribution < -0.4 is 0 Å². The Morgan fingerprint density at radius 3 is 1.93 bits per heavy atom. The summed E-state index contributed by atoms with van der Waals surface area (Å²) in [6.45, 7) is 0.383. The Morgan fingerprint density at radius 1 is 0.643 bits per heavy atom. The number of isocyanates is 2. The molecule has 0 radical (unpaired) electrons. The zero-order valence-corrected chi connectivity index (χ0v) is 15.5. The predicted octanol–water partition coefficient (Wildman–Crippen LogP) is 4.87. The molecule has 138 valence electrons. The summed E-state index contributed by atoms with van der Waals surface area (Å²) in [5.41, 5.74) is 6.59. The van der Waals surface area contributed by atoms with E-state index in [2.05, 4.69) is 46.4 Å². The Labute approximate surface area is 164 Å². The highest BCUT2D eigenvalue weighted by Gasteiger charge is 2.01. The average molecular weight is 368 g/mol. The largest absolute Gasteiger partial charge is 0.240 e. The molecule has 0 N–H and O–H groups in total. The monoisotopic (exact) mass is 368 g/mol. The van der Waals surface area contributed by atoms with Gasteiger partial charge in [-0.05, 0) is 59.2 Å². The van der Waals surface area contributed by atoms with Gasteiger partial charge in [0.05, 0.1) is 12.2 Å². The van der Waals surface area contributed by atoms with E-state index in [0.717, 1.165) is 24.8 Å². The number of aryl methyl sites for hydroxylation is 2. The van der Waals surface area contributed by atoms with Gasteiger partial charge in [-0.1, -0.05) is 60.7 Å². The first kappa shape index (κ1) is 19.2. The number of rotatable bonds is 8. The summed E-state index contributed by atoms with van der Waals surface area (Å²) >= 11 is 0. The second kappa shape index (κ2) is 9.94. The molecule has 0 unspecified atom stereocenters. The van der Waals surface area contributed by atoms with Gasteiger partial charge in [0.15, 0.2) is 0 Å². The fraction of sp³-hybridized carbons (Fsp3) is 0.167. The minimum atomic E-state index is 0.383. The van der Waals surface area contributed by atoms with E-state index in [1.807, 2.05) is 36.4 Å². The SMILES string of the molecule is O=C=NCc1cccc(CCc2ccc(Cc3ccc(N=C=O)cc3)cc2)c1. The smallest absolute Gasteiger partial charge is 0.211 e. The van der Waals surface area contributed by atoms with Gasteiger partial charge in [-0.2, -0.15) is 4.99 Å². The molecule has 3 aromatic carbocycles. The van der Waals surface area contributed by atoms with Crippen LogP contribution in [0.25, 0.3) is 0 Å². The molecule has 0 bridgehead atoms. The third-order valence-corrected chi connectivity index (χ3v) is 4.56. The maximum absolute atomic E-state index is 10.3. The Hall–Kier alpha value is -3.58. The van der Waals surface area contributed by atoms with Crippen molar-refractivity contribution in [1.82, 2.24) is 0 Å². The lowest BCUT2D eigenvalue weighted by Gasteiger charge is -2.06. The molecule has 28 heavy (non-hydrogen) atoms. The molecular weight excluding hydrogens is 348 g/mol. The third kappa shape index (κ3) is 5.72. The van der Waals surface area contributed by atoms with Crippen molar-refractivity contribution in [2.45, 2.75) is 25.8 Å². The summed E-state index contributed by atoms with van der Waals surface area (Å²) in [5, 5.41) is 0. The molecule has 0 fully saturated rings. The Bertz CT molecular complexity index is 1010. The quantitative estimate of drug-likeness (QED) is 0.421. The van der Waals surface area contributed by atoms with Gasteiger partial charge in [0.1, 0.15) is 0 Å². The minimum absolute atomic E-state index is 0.383. The molecule has 4 nitrogen and oxygen atoms in total. The van der Waals surface area contributed by atoms with Crippen LogP contribution in [-0.4, -0.2) is 12.2 Å². The average Bonchev–Trinajstić information content (AvgIpc) is 2.74. The van der Waals surface area contributed by atoms with Crippen molar-refractivity contribution >= 4 is 17.8 Å². The number of hydrogen-bond donors (Lipinski definition) is 0. The Morgan fingerprint density at radius 2 is 1.25 bits per heavy atom. The van der Waals surface area contributed by atoms with Crippen LogP contribution in [0.3, 0.4) is 0 Å². The van der Waals surface area contributed by atoms with E-state index in [-0.39, 0.29) is 0 Å². The lowest BCUT2D eigenvalue weighted by atomic mass is 9.99. The highest BCUT2D eigenvalue weighted by molar-refractivity contribution is 5.49. The fourth-order valence-corrected chi connectivity index (χ4v) is 3.10. The maximum atomic E-state index is 10.3. The molecule has 0 aromatic heterocycles. The van der Waals surface area contributed by atoms with Gasteiger partial charge < -0.3 is 0 Å². The zero-order chi connectivity index (χ0) is 19.6. The summed E-state index contributed by atoms with van der Waals surface area (Å²) in [4.78, 5) is 27.8. The van der Waals surface area contributed by atoms with Gasteiger partial charge in [-0.25, -0.2) is 14.6 Å². The van der Waals surface area contributed by atoms with Crippen LogP contribution >= 0.6 is 0 Å². The predicted molar refractivity (Wildman–Crippen MR) is 109 cm³/mol. The summed E-state index contributed by atoms with van der Waals surface area (Å²) in [7, 11) is 0. The zero-order valence-electron chi connectivity index (χ0n) is 15.5. The van der Waals surface area contributed by atoms with E-state index in [0.29, 0.717) is 12.2 Å². The number of carbonyl (C=O) groups excluding carboxylic acids is 2. The van der Waals surface area contributed by atoms with Crippen molar-refractivity contribution in [3.8, 4) is 0 Å². The first-order valence-corrected chi connectivity index (χ1v) is 9.13. The molecule has 0 spiro atoms. The second-order valence-electron chi connectivity index (χ2n) is 6.59. The molecule has 0 saturated carbocycles. The van der Waals surface area contributed by atoms with Crippen LogP contribution in [0.15, 0.2) is 82.8 Å². The highest BCUT2D eigenvalue weighted by atomic mass is 16.1. The van der Waals surface area contributed by atoms with E-state index >= 15 is 0 Å². The maximum Gasteiger partial charge on any atom is 0.240 e. The van der Waals surface area contributed by atoms with E-state index in [9.17, 15) is 9.59 Å². The number of hydrogen-bond acceptors (Lipinski definition) is 4. The topological polar surface area (TPSA) is 58.9 Å². The lowest BCUT2D eigenvalue weighted by molar-refractivity contribution is 0.562. The van der Waals surface area contributed by atoms with Gasteiger partial charge in [0.2, 0.25) is 12.2 Å². The molecule has 3 aromatic rings. The van der Waals surface area contributed by atoms with Gasteiger partial charge >= 0.3 is 0 Å². The van der Waals surface area contributed by atoms with Gasteiger partial charge in [0, 0.05) is 0 Å². The first-order chi connectivity index (χ1) is 13.8. The summed E-state index contributed by atoms with van der Waals surface area (Å²) < 4.78 is 0. The lowest BCUT2D eigenvalue weighted by Crippen LogP contribution is -1.94. The van der Waals surface area contributed by atoms with Crippen molar-refractivity contribution in [3.05, 3.63) is 101 Å². The molecule has 0 amide bonds. The van der Waals surface area contributed by atoms with E-state index in [1.54, 1.807) is 12.2 Å². The normalized spacial score (nSPS) is 10.0. The van der Waals surface area contributed by atoms with Gasteiger partial charge in [-0.3, -0.25) is 0 Å². The summed E-state index contributed by atoms with van der Waals surface area (Å²) in [6.07, 6.45) is 5.87. The molecule has 0 atom stereocenters. The van der Waals surface area contributed by atoms with Gasteiger partial charge in [0.25, 0.3) is 0 Å². The van der Waals surface area contributed by atoms with Crippen LogP contribution in [0.5, 0.6) is 0 Å². The molecule has 0 aliphatic rings. The van der Waals surface area contributed by atoms with E-state index in [1.165, 1.54) is 22.3 Å². The second-order valence-corrected chi connectivity index (χ2v) is 6.59. The number of nitrogens with zero attached hydrogens (tertiary/aromatic N) is 2. The molecule has 0 aliphatic heterocycles. The van der Waals surface area contributed by atoms with Crippen molar-refractivity contribution in [2.24, 2.45) is 9.98 Å². The van der Waals surface area contributed by atoms with Crippen LogP contribution in [0, 0.1) is 0 Å². The van der Waals surface area contributed by atoms with Crippen molar-refractivity contribution in [2.75, 3.05) is 0 Å². The fourth-order valence-electron chi connectivity index (χ4n) is 3.10. The summed E-state index contributed by atoms with van der Waals surface area (Å²) in [6, 6.07) is 24.4. The highest BCUT2D eigenvalue weighted by Crippen LogP contribution is 2.17.